The van der Waals surface area contributed by atoms with Gasteiger partial charge >= 0.3 is 6.61 Å². The van der Waals surface area contributed by atoms with Gasteiger partial charge in [0.15, 0.2) is 0 Å². The van der Waals surface area contributed by atoms with Gasteiger partial charge in [-0.1, -0.05) is 6.07 Å². The molecule has 1 N–H and O–H groups in total. The minimum Gasteiger partial charge on any atom is -0.496 e. The molecule has 1 fully saturated rings. The molecule has 0 spiro atoms. The van der Waals surface area contributed by atoms with Crippen molar-refractivity contribution in [3.05, 3.63) is 47.8 Å². The van der Waals surface area contributed by atoms with Gasteiger partial charge < -0.3 is 14.8 Å². The Kier molecular flexibility index (Phi) is 5.46. The van der Waals surface area contributed by atoms with Gasteiger partial charge in [-0.15, -0.1) is 0 Å². The van der Waals surface area contributed by atoms with E-state index in [0.717, 1.165) is 18.4 Å². The summed E-state index contributed by atoms with van der Waals surface area (Å²) in [6.07, 6.45) is 5.05. The first-order valence-electron chi connectivity index (χ1n) is 10.1. The third kappa shape index (κ3) is 4.08. The molecule has 0 radical (unpaired) electrons. The normalized spacial score (nSPS) is 13.8. The average molecular weight is 440 g/mol. The van der Waals surface area contributed by atoms with Crippen LogP contribution in [-0.2, 0) is 5.41 Å². The van der Waals surface area contributed by atoms with Gasteiger partial charge in [-0.2, -0.15) is 19.1 Å². The molecule has 3 aromatic rings. The first-order valence-corrected chi connectivity index (χ1v) is 10.1. The summed E-state index contributed by atoms with van der Waals surface area (Å²) in [4.78, 5) is 12.7. The smallest absolute Gasteiger partial charge is 0.387 e. The molecule has 166 valence electrons. The van der Waals surface area contributed by atoms with Gasteiger partial charge in [0.2, 0.25) is 0 Å². The second-order valence-electron chi connectivity index (χ2n) is 8.22. The van der Waals surface area contributed by atoms with Gasteiger partial charge in [-0.05, 0) is 56.0 Å². The van der Waals surface area contributed by atoms with E-state index in [1.807, 2.05) is 26.0 Å². The zero-order valence-electron chi connectivity index (χ0n) is 17.9. The topological polar surface area (TPSA) is 88.7 Å². The number of benzene rings is 1. The maximum absolute atomic E-state index is 13.2. The second kappa shape index (κ2) is 8.11. The predicted octanol–water partition coefficient (Wildman–Crippen LogP) is 4.30. The monoisotopic (exact) mass is 440 g/mol. The van der Waals surface area contributed by atoms with Gasteiger partial charge in [0.25, 0.3) is 5.91 Å². The van der Waals surface area contributed by atoms with Crippen LogP contribution in [0.15, 0.2) is 36.7 Å². The largest absolute Gasteiger partial charge is 0.496 e. The molecule has 2 heterocycles. The minimum atomic E-state index is -3.11. The van der Waals surface area contributed by atoms with Gasteiger partial charge in [-0.3, -0.25) is 4.79 Å². The lowest BCUT2D eigenvalue weighted by atomic mass is 9.87. The van der Waals surface area contributed by atoms with E-state index in [2.05, 4.69) is 16.5 Å². The number of ether oxygens (including phenoxy) is 2. The Morgan fingerprint density at radius 2 is 2.03 bits per heavy atom. The number of hydrogen-bond acceptors (Lipinski definition) is 5. The van der Waals surface area contributed by atoms with Crippen molar-refractivity contribution in [3.8, 4) is 28.7 Å². The van der Waals surface area contributed by atoms with Crippen LogP contribution in [-0.4, -0.2) is 35.3 Å². The zero-order chi connectivity index (χ0) is 23.0. The van der Waals surface area contributed by atoms with E-state index >= 15 is 0 Å². The standard InChI is InChI=1S/C23H22F2N4O3/c1-23(2,12-26)14-4-7-17-16(10-27-29(17)11-14)13-8-18(31-3)20(19(9-13)32-22(24)25)21(30)28-15-5-6-15/h4,7-11,15,22H,5-6H2,1-3H3,(H,28,30). The number of nitrogens with one attached hydrogen (secondary N) is 1. The Bertz CT molecular complexity index is 1230. The number of carbonyl (C=O) groups excluding carboxylic acids is 1. The summed E-state index contributed by atoms with van der Waals surface area (Å²) in [5, 5.41) is 16.5. The molecule has 0 bridgehead atoms. The van der Waals surface area contributed by atoms with E-state index in [0.29, 0.717) is 16.6 Å². The molecule has 1 aliphatic rings. The van der Waals surface area contributed by atoms with E-state index < -0.39 is 17.9 Å². The summed E-state index contributed by atoms with van der Waals surface area (Å²) in [6, 6.07) is 8.92. The van der Waals surface area contributed by atoms with Gasteiger partial charge in [-0.25, -0.2) is 4.52 Å². The summed E-state index contributed by atoms with van der Waals surface area (Å²) in [5.74, 6) is -0.665. The van der Waals surface area contributed by atoms with E-state index in [-0.39, 0.29) is 23.1 Å². The molecule has 0 saturated heterocycles. The number of nitrogens with zero attached hydrogens (tertiary/aromatic N) is 3. The summed E-state index contributed by atoms with van der Waals surface area (Å²) in [5.41, 5.74) is 1.85. The van der Waals surface area contributed by atoms with E-state index in [1.165, 1.54) is 13.2 Å². The van der Waals surface area contributed by atoms with Crippen LogP contribution in [0.5, 0.6) is 11.5 Å². The lowest BCUT2D eigenvalue weighted by Gasteiger charge is -2.17. The SMILES string of the molecule is COc1cc(-c2cnn3cc(C(C)(C)C#N)ccc23)cc(OC(F)F)c1C(=O)NC1CC1. The molecule has 7 nitrogen and oxygen atoms in total. The van der Waals surface area contributed by atoms with Crippen molar-refractivity contribution >= 4 is 11.4 Å². The Labute approximate surface area is 183 Å². The van der Waals surface area contributed by atoms with E-state index in [9.17, 15) is 18.8 Å². The maximum Gasteiger partial charge on any atom is 0.387 e. The number of methoxy groups -OCH3 is 1. The Hall–Kier alpha value is -3.67. The molecule has 0 atom stereocenters. The van der Waals surface area contributed by atoms with Crippen LogP contribution in [0.4, 0.5) is 8.78 Å². The second-order valence-corrected chi connectivity index (χ2v) is 8.22. The van der Waals surface area contributed by atoms with E-state index in [4.69, 9.17) is 9.47 Å². The van der Waals surface area contributed by atoms with Crippen molar-refractivity contribution in [1.29, 1.82) is 5.26 Å². The van der Waals surface area contributed by atoms with Gasteiger partial charge in [0, 0.05) is 17.8 Å². The number of nitriles is 1. The van der Waals surface area contributed by atoms with Crippen molar-refractivity contribution < 1.29 is 23.0 Å². The number of alkyl halides is 2. The maximum atomic E-state index is 13.2. The quantitative estimate of drug-likeness (QED) is 0.592. The molecular formula is C23H22F2N4O3. The minimum absolute atomic E-state index is 0.0396. The lowest BCUT2D eigenvalue weighted by Crippen LogP contribution is -2.26. The third-order valence-corrected chi connectivity index (χ3v) is 5.47. The van der Waals surface area contributed by atoms with Crippen LogP contribution in [0.3, 0.4) is 0 Å². The highest BCUT2D eigenvalue weighted by Crippen LogP contribution is 2.38. The fourth-order valence-corrected chi connectivity index (χ4v) is 3.45. The molecule has 1 saturated carbocycles. The summed E-state index contributed by atoms with van der Waals surface area (Å²) in [7, 11) is 1.37. The molecule has 1 aliphatic carbocycles. The van der Waals surface area contributed by atoms with Crippen LogP contribution < -0.4 is 14.8 Å². The van der Waals surface area contributed by atoms with Crippen molar-refractivity contribution in [2.24, 2.45) is 0 Å². The van der Waals surface area contributed by atoms with Gasteiger partial charge in [0.05, 0.1) is 30.3 Å². The molecule has 1 amide bonds. The Morgan fingerprint density at radius 3 is 2.66 bits per heavy atom. The molecule has 9 heteroatoms. The molecule has 0 unspecified atom stereocenters. The number of halogens is 2. The van der Waals surface area contributed by atoms with Crippen LogP contribution in [0.1, 0.15) is 42.6 Å². The zero-order valence-corrected chi connectivity index (χ0v) is 17.9. The lowest BCUT2D eigenvalue weighted by molar-refractivity contribution is -0.0502. The number of hydrogen-bond donors (Lipinski definition) is 1. The molecule has 32 heavy (non-hydrogen) atoms. The fourth-order valence-electron chi connectivity index (χ4n) is 3.45. The number of carbonyl (C=O) groups is 1. The highest BCUT2D eigenvalue weighted by atomic mass is 19.3. The van der Waals surface area contributed by atoms with Crippen molar-refractivity contribution in [2.75, 3.05) is 7.11 Å². The molecule has 1 aromatic carbocycles. The third-order valence-electron chi connectivity index (χ3n) is 5.47. The molecule has 4 rings (SSSR count). The molecule has 0 aliphatic heterocycles. The van der Waals surface area contributed by atoms with Crippen LogP contribution in [0.2, 0.25) is 0 Å². The van der Waals surface area contributed by atoms with Crippen molar-refractivity contribution in [2.45, 2.75) is 44.8 Å². The number of fused-ring (bicyclic) bond motifs is 1. The number of aromatic nitrogens is 2. The van der Waals surface area contributed by atoms with Crippen LogP contribution >= 0.6 is 0 Å². The summed E-state index contributed by atoms with van der Waals surface area (Å²) in [6.45, 7) is 0.508. The number of rotatable bonds is 7. The first kappa shape index (κ1) is 21.6. The summed E-state index contributed by atoms with van der Waals surface area (Å²) < 4.78 is 38.0. The Balaban J connectivity index is 1.82. The highest BCUT2D eigenvalue weighted by molar-refractivity contribution is 6.01. The van der Waals surface area contributed by atoms with E-state index in [1.54, 1.807) is 23.0 Å². The first-order chi connectivity index (χ1) is 15.2. The molecule has 2 aromatic heterocycles. The highest BCUT2D eigenvalue weighted by Gasteiger charge is 2.29. The van der Waals surface area contributed by atoms with Gasteiger partial charge in [0.1, 0.15) is 17.1 Å². The van der Waals surface area contributed by atoms with Crippen LogP contribution in [0, 0.1) is 11.3 Å². The Morgan fingerprint density at radius 1 is 1.31 bits per heavy atom. The fraction of sp³-hybridized carbons (Fsp3) is 0.348. The van der Waals surface area contributed by atoms with Crippen LogP contribution in [0.25, 0.3) is 16.6 Å². The average Bonchev–Trinajstić information content (AvgIpc) is 3.47. The predicted molar refractivity (Wildman–Crippen MR) is 113 cm³/mol. The van der Waals surface area contributed by atoms with Crippen molar-refractivity contribution in [1.82, 2.24) is 14.9 Å². The summed E-state index contributed by atoms with van der Waals surface area (Å²) >= 11 is 0. The molecular weight excluding hydrogens is 418 g/mol. The van der Waals surface area contributed by atoms with Crippen molar-refractivity contribution in [3.63, 3.8) is 0 Å². The number of amides is 1. The number of pyridine rings is 1.